The second kappa shape index (κ2) is 5.27. The highest BCUT2D eigenvalue weighted by Gasteiger charge is 2.01. The van der Waals surface area contributed by atoms with E-state index in [0.717, 1.165) is 5.69 Å². The summed E-state index contributed by atoms with van der Waals surface area (Å²) in [6.45, 7) is 4.34. The largest absolute Gasteiger partial charge is 0.399 e. The van der Waals surface area contributed by atoms with Crippen molar-refractivity contribution in [3.8, 4) is 0 Å². The predicted octanol–water partition coefficient (Wildman–Crippen LogP) is 4.18. The average molecular weight is 262 g/mol. The Morgan fingerprint density at radius 2 is 1.83 bits per heavy atom. The molecular weight excluding hydrogens is 246 g/mol. The lowest BCUT2D eigenvalue weighted by atomic mass is 10.0. The number of pyridine rings is 1. The molecule has 2 aromatic rings. The molecule has 0 spiro atoms. The molecule has 2 rings (SSSR count). The van der Waals surface area contributed by atoms with Crippen LogP contribution >= 0.6 is 11.6 Å². The fraction of sp³-hybridized carbons (Fsp3) is 0.214. The second-order valence-corrected chi connectivity index (χ2v) is 4.90. The van der Waals surface area contributed by atoms with Gasteiger partial charge in [-0.05, 0) is 29.7 Å². The summed E-state index contributed by atoms with van der Waals surface area (Å²) < 4.78 is 0. The molecule has 0 bridgehead atoms. The van der Waals surface area contributed by atoms with Gasteiger partial charge in [-0.15, -0.1) is 0 Å². The first-order chi connectivity index (χ1) is 8.54. The van der Waals surface area contributed by atoms with E-state index in [1.807, 2.05) is 12.1 Å². The Labute approximate surface area is 112 Å². The van der Waals surface area contributed by atoms with E-state index >= 15 is 0 Å². The summed E-state index contributed by atoms with van der Waals surface area (Å²) in [5, 5.41) is 3.56. The summed E-state index contributed by atoms with van der Waals surface area (Å²) in [4.78, 5) is 4.16. The molecule has 4 heteroatoms. The summed E-state index contributed by atoms with van der Waals surface area (Å²) in [5.41, 5.74) is 8.58. The van der Waals surface area contributed by atoms with Crippen LogP contribution in [0.2, 0.25) is 5.15 Å². The molecule has 3 nitrogen and oxygen atoms in total. The number of hydrogen-bond acceptors (Lipinski definition) is 3. The van der Waals surface area contributed by atoms with Gasteiger partial charge in [-0.25, -0.2) is 4.98 Å². The molecule has 1 aromatic carbocycles. The van der Waals surface area contributed by atoms with Crippen molar-refractivity contribution in [2.75, 3.05) is 11.1 Å². The first-order valence-electron chi connectivity index (χ1n) is 5.84. The van der Waals surface area contributed by atoms with Crippen LogP contribution in [0.4, 0.5) is 17.2 Å². The molecule has 0 saturated heterocycles. The van der Waals surface area contributed by atoms with Gasteiger partial charge in [0.2, 0.25) is 0 Å². The van der Waals surface area contributed by atoms with Gasteiger partial charge in [0.1, 0.15) is 11.0 Å². The summed E-state index contributed by atoms with van der Waals surface area (Å²) >= 11 is 5.85. The van der Waals surface area contributed by atoms with Crippen molar-refractivity contribution in [2.24, 2.45) is 0 Å². The number of rotatable bonds is 3. The quantitative estimate of drug-likeness (QED) is 0.815. The molecule has 0 aliphatic rings. The van der Waals surface area contributed by atoms with E-state index in [4.69, 9.17) is 17.3 Å². The van der Waals surface area contributed by atoms with E-state index in [9.17, 15) is 0 Å². The Balaban J connectivity index is 2.18. The minimum Gasteiger partial charge on any atom is -0.399 e. The van der Waals surface area contributed by atoms with Crippen LogP contribution in [-0.2, 0) is 0 Å². The van der Waals surface area contributed by atoms with Crippen LogP contribution in [-0.4, -0.2) is 4.98 Å². The number of nitrogens with one attached hydrogen (secondary N) is 1. The van der Waals surface area contributed by atoms with Gasteiger partial charge in [0.05, 0.1) is 0 Å². The molecule has 3 N–H and O–H groups in total. The van der Waals surface area contributed by atoms with Crippen LogP contribution in [0.1, 0.15) is 25.3 Å². The van der Waals surface area contributed by atoms with E-state index in [2.05, 4.69) is 36.3 Å². The van der Waals surface area contributed by atoms with Gasteiger partial charge in [-0.1, -0.05) is 37.6 Å². The number of anilines is 3. The van der Waals surface area contributed by atoms with Crippen molar-refractivity contribution >= 4 is 28.8 Å². The maximum atomic E-state index is 5.85. The third kappa shape index (κ3) is 3.14. The van der Waals surface area contributed by atoms with Crippen molar-refractivity contribution < 1.29 is 0 Å². The highest BCUT2D eigenvalue weighted by Crippen LogP contribution is 2.22. The van der Waals surface area contributed by atoms with Crippen LogP contribution in [0.25, 0.3) is 0 Å². The first kappa shape index (κ1) is 12.7. The van der Waals surface area contributed by atoms with Gasteiger partial charge in [0.15, 0.2) is 0 Å². The smallest absolute Gasteiger partial charge is 0.134 e. The zero-order valence-electron chi connectivity index (χ0n) is 10.4. The summed E-state index contributed by atoms with van der Waals surface area (Å²) in [7, 11) is 0. The second-order valence-electron chi connectivity index (χ2n) is 4.51. The van der Waals surface area contributed by atoms with Crippen molar-refractivity contribution in [1.29, 1.82) is 0 Å². The van der Waals surface area contributed by atoms with E-state index in [1.165, 1.54) is 5.56 Å². The molecule has 94 valence electrons. The van der Waals surface area contributed by atoms with Gasteiger partial charge < -0.3 is 11.1 Å². The number of halogens is 1. The third-order valence-corrected chi connectivity index (χ3v) is 2.86. The molecule has 1 aromatic heterocycles. The van der Waals surface area contributed by atoms with Crippen molar-refractivity contribution in [1.82, 2.24) is 4.98 Å². The normalized spacial score (nSPS) is 10.7. The molecular formula is C14H16ClN3. The molecule has 0 atom stereocenters. The van der Waals surface area contributed by atoms with Gasteiger partial charge >= 0.3 is 0 Å². The summed E-state index contributed by atoms with van der Waals surface area (Å²) in [6, 6.07) is 11.6. The van der Waals surface area contributed by atoms with Crippen LogP contribution in [0, 0.1) is 0 Å². The Kier molecular flexibility index (Phi) is 3.72. The average Bonchev–Trinajstić information content (AvgIpc) is 2.28. The lowest BCUT2D eigenvalue weighted by molar-refractivity contribution is 0.867. The molecule has 0 fully saturated rings. The number of nitrogens with zero attached hydrogens (tertiary/aromatic N) is 1. The standard InChI is InChI=1S/C14H16ClN3/c1-9(2)10-3-5-12(6-4-10)17-14-8-11(16)7-13(15)18-14/h3-9H,1-2H3,(H3,16,17,18). The summed E-state index contributed by atoms with van der Waals surface area (Å²) in [6.07, 6.45) is 0. The summed E-state index contributed by atoms with van der Waals surface area (Å²) in [5.74, 6) is 1.18. The number of aromatic nitrogens is 1. The predicted molar refractivity (Wildman–Crippen MR) is 77.5 cm³/mol. The van der Waals surface area contributed by atoms with Crippen molar-refractivity contribution in [3.05, 3.63) is 47.1 Å². The number of nitrogens with two attached hydrogens (primary N) is 1. The highest BCUT2D eigenvalue weighted by atomic mass is 35.5. The van der Waals surface area contributed by atoms with Crippen LogP contribution < -0.4 is 11.1 Å². The molecule has 0 aliphatic heterocycles. The van der Waals surface area contributed by atoms with Crippen LogP contribution in [0.15, 0.2) is 36.4 Å². The van der Waals surface area contributed by atoms with E-state index in [-0.39, 0.29) is 0 Å². The van der Waals surface area contributed by atoms with Crippen LogP contribution in [0.5, 0.6) is 0 Å². The SMILES string of the molecule is CC(C)c1ccc(Nc2cc(N)cc(Cl)n2)cc1. The molecule has 1 heterocycles. The first-order valence-corrected chi connectivity index (χ1v) is 6.22. The molecule has 0 radical (unpaired) electrons. The zero-order valence-corrected chi connectivity index (χ0v) is 11.2. The molecule has 0 unspecified atom stereocenters. The fourth-order valence-corrected chi connectivity index (χ4v) is 1.90. The van der Waals surface area contributed by atoms with Crippen molar-refractivity contribution in [2.45, 2.75) is 19.8 Å². The van der Waals surface area contributed by atoms with E-state index in [1.54, 1.807) is 12.1 Å². The number of benzene rings is 1. The fourth-order valence-electron chi connectivity index (χ4n) is 1.68. The lowest BCUT2D eigenvalue weighted by Crippen LogP contribution is -1.96. The van der Waals surface area contributed by atoms with Crippen LogP contribution in [0.3, 0.4) is 0 Å². The van der Waals surface area contributed by atoms with E-state index in [0.29, 0.717) is 22.6 Å². The minimum atomic E-state index is 0.385. The third-order valence-electron chi connectivity index (χ3n) is 2.67. The highest BCUT2D eigenvalue weighted by molar-refractivity contribution is 6.29. The number of nitrogen functional groups attached to an aromatic ring is 1. The molecule has 18 heavy (non-hydrogen) atoms. The van der Waals surface area contributed by atoms with E-state index < -0.39 is 0 Å². The Hall–Kier alpha value is -1.74. The molecule has 0 aliphatic carbocycles. The maximum absolute atomic E-state index is 5.85. The minimum absolute atomic E-state index is 0.385. The topological polar surface area (TPSA) is 50.9 Å². The lowest BCUT2D eigenvalue weighted by Gasteiger charge is -2.09. The maximum Gasteiger partial charge on any atom is 0.134 e. The monoisotopic (exact) mass is 261 g/mol. The Morgan fingerprint density at radius 1 is 1.17 bits per heavy atom. The number of hydrogen-bond donors (Lipinski definition) is 2. The van der Waals surface area contributed by atoms with Gasteiger partial charge in [0, 0.05) is 17.4 Å². The zero-order chi connectivity index (χ0) is 13.1. The van der Waals surface area contributed by atoms with Gasteiger partial charge in [-0.3, -0.25) is 0 Å². The van der Waals surface area contributed by atoms with Gasteiger partial charge in [0.25, 0.3) is 0 Å². The molecule has 0 saturated carbocycles. The Bertz CT molecular complexity index is 515. The van der Waals surface area contributed by atoms with Gasteiger partial charge in [-0.2, -0.15) is 0 Å². The molecule has 0 amide bonds. The Morgan fingerprint density at radius 3 is 2.39 bits per heavy atom. The van der Waals surface area contributed by atoms with Crippen molar-refractivity contribution in [3.63, 3.8) is 0 Å².